The molecule has 0 amide bonds. The predicted octanol–water partition coefficient (Wildman–Crippen LogP) is 0.523. The number of rotatable bonds is 6. The fourth-order valence-corrected chi connectivity index (χ4v) is 2.76. The lowest BCUT2D eigenvalue weighted by Crippen LogP contribution is -2.39. The fraction of sp³-hybridized carbons (Fsp3) is 0.733. The molecule has 1 aromatic rings. The Balaban J connectivity index is 1.76. The van der Waals surface area contributed by atoms with Crippen LogP contribution in [-0.4, -0.2) is 28.4 Å². The van der Waals surface area contributed by atoms with Crippen molar-refractivity contribution in [3.05, 3.63) is 32.6 Å². The minimum Gasteiger partial charge on any atom is -0.377 e. The van der Waals surface area contributed by atoms with Crippen LogP contribution in [0.25, 0.3) is 0 Å². The highest BCUT2D eigenvalue weighted by molar-refractivity contribution is 5.05. The van der Waals surface area contributed by atoms with Crippen LogP contribution < -0.4 is 16.6 Å². The van der Waals surface area contributed by atoms with Crippen molar-refractivity contribution >= 4 is 0 Å². The summed E-state index contributed by atoms with van der Waals surface area (Å²) in [5, 5.41) is 3.20. The van der Waals surface area contributed by atoms with Gasteiger partial charge in [-0.1, -0.05) is 19.3 Å². The molecule has 0 saturated heterocycles. The zero-order valence-electron chi connectivity index (χ0n) is 12.9. The average molecular weight is 295 g/mol. The molecule has 118 valence electrons. The highest BCUT2D eigenvalue weighted by Gasteiger charge is 2.13. The van der Waals surface area contributed by atoms with E-state index in [1.54, 1.807) is 13.2 Å². The molecule has 1 heterocycles. The van der Waals surface area contributed by atoms with Gasteiger partial charge in [0.1, 0.15) is 0 Å². The number of hydrogen-bond acceptors (Lipinski definition) is 4. The van der Waals surface area contributed by atoms with Gasteiger partial charge in [0, 0.05) is 38.9 Å². The minimum absolute atomic E-state index is 0.237. The molecule has 0 unspecified atom stereocenters. The molecule has 1 saturated carbocycles. The molecule has 1 N–H and O–H groups in total. The van der Waals surface area contributed by atoms with Crippen molar-refractivity contribution in [2.75, 3.05) is 13.2 Å². The van der Waals surface area contributed by atoms with E-state index >= 15 is 0 Å². The van der Waals surface area contributed by atoms with Gasteiger partial charge in [0.15, 0.2) is 0 Å². The first-order chi connectivity index (χ1) is 10.1. The Hall–Kier alpha value is -1.40. The summed E-state index contributed by atoms with van der Waals surface area (Å²) in [5.41, 5.74) is 0.0560. The molecule has 0 bridgehead atoms. The number of aryl methyl sites for hydroxylation is 1. The third-order valence-electron chi connectivity index (χ3n) is 4.02. The van der Waals surface area contributed by atoms with E-state index in [4.69, 9.17) is 4.74 Å². The number of nitrogens with zero attached hydrogens (tertiary/aromatic N) is 2. The van der Waals surface area contributed by atoms with Gasteiger partial charge in [0.25, 0.3) is 5.56 Å². The highest BCUT2D eigenvalue weighted by Crippen LogP contribution is 2.19. The van der Waals surface area contributed by atoms with Gasteiger partial charge in [-0.3, -0.25) is 9.36 Å². The average Bonchev–Trinajstić information content (AvgIpc) is 2.50. The number of aromatic nitrogens is 2. The van der Waals surface area contributed by atoms with Crippen molar-refractivity contribution in [3.8, 4) is 0 Å². The second-order valence-corrected chi connectivity index (χ2v) is 5.72. The second-order valence-electron chi connectivity index (χ2n) is 5.72. The summed E-state index contributed by atoms with van der Waals surface area (Å²) in [4.78, 5) is 23.5. The summed E-state index contributed by atoms with van der Waals surface area (Å²) in [5.74, 6) is 0. The van der Waals surface area contributed by atoms with Crippen LogP contribution in [-0.2, 0) is 25.4 Å². The van der Waals surface area contributed by atoms with E-state index in [0.717, 1.165) is 4.57 Å². The van der Waals surface area contributed by atoms with Gasteiger partial charge in [-0.15, -0.1) is 0 Å². The van der Waals surface area contributed by atoms with E-state index in [9.17, 15) is 9.59 Å². The maximum atomic E-state index is 11.9. The Morgan fingerprint density at radius 2 is 1.95 bits per heavy atom. The maximum Gasteiger partial charge on any atom is 0.330 e. The van der Waals surface area contributed by atoms with Crippen LogP contribution >= 0.6 is 0 Å². The molecule has 6 heteroatoms. The predicted molar refractivity (Wildman–Crippen MR) is 81.5 cm³/mol. The highest BCUT2D eigenvalue weighted by atomic mass is 16.5. The van der Waals surface area contributed by atoms with Gasteiger partial charge in [-0.05, 0) is 12.8 Å². The van der Waals surface area contributed by atoms with E-state index in [2.05, 4.69) is 5.32 Å². The lowest BCUT2D eigenvalue weighted by atomic mass is 9.98. The van der Waals surface area contributed by atoms with Crippen LogP contribution in [0.1, 0.15) is 37.7 Å². The van der Waals surface area contributed by atoms with Gasteiger partial charge in [0.2, 0.25) is 0 Å². The topological polar surface area (TPSA) is 65.3 Å². The Morgan fingerprint density at radius 3 is 2.67 bits per heavy atom. The van der Waals surface area contributed by atoms with Crippen LogP contribution in [0.5, 0.6) is 0 Å². The van der Waals surface area contributed by atoms with Crippen LogP contribution in [0.15, 0.2) is 15.8 Å². The molecule has 1 aromatic heterocycles. The monoisotopic (exact) mass is 295 g/mol. The Labute approximate surface area is 124 Å². The Kier molecular flexibility index (Phi) is 5.76. The molecule has 0 aliphatic heterocycles. The lowest BCUT2D eigenvalue weighted by molar-refractivity contribution is 0.0302. The summed E-state index contributed by atoms with van der Waals surface area (Å²) in [6.45, 7) is 1.83. The molecule has 0 aromatic carbocycles. The van der Waals surface area contributed by atoms with Gasteiger partial charge in [-0.2, -0.15) is 0 Å². The SMILES string of the molecule is Cn1cc(CNCCOC2CCCCC2)c(=O)n(C)c1=O. The standard InChI is InChI=1S/C15H25N3O3/c1-17-11-12(14(19)18(2)15(17)20)10-16-8-9-21-13-6-4-3-5-7-13/h11,13,16H,3-10H2,1-2H3. The zero-order valence-corrected chi connectivity index (χ0v) is 12.9. The first-order valence-corrected chi connectivity index (χ1v) is 7.67. The number of hydrogen-bond donors (Lipinski definition) is 1. The third kappa shape index (κ3) is 4.28. The zero-order chi connectivity index (χ0) is 15.2. The van der Waals surface area contributed by atoms with Crippen molar-refractivity contribution < 1.29 is 4.74 Å². The van der Waals surface area contributed by atoms with E-state index in [-0.39, 0.29) is 11.2 Å². The molecule has 1 aliphatic carbocycles. The molecule has 2 rings (SSSR count). The quantitative estimate of drug-likeness (QED) is 0.777. The summed E-state index contributed by atoms with van der Waals surface area (Å²) < 4.78 is 8.38. The van der Waals surface area contributed by atoms with Gasteiger partial charge >= 0.3 is 5.69 Å². The van der Waals surface area contributed by atoms with E-state index in [1.165, 1.54) is 43.7 Å². The molecule has 1 aliphatic rings. The van der Waals surface area contributed by atoms with Crippen molar-refractivity contribution in [3.63, 3.8) is 0 Å². The van der Waals surface area contributed by atoms with Crippen LogP contribution in [0.3, 0.4) is 0 Å². The van der Waals surface area contributed by atoms with E-state index < -0.39 is 0 Å². The van der Waals surface area contributed by atoms with Crippen molar-refractivity contribution in [2.45, 2.75) is 44.8 Å². The van der Waals surface area contributed by atoms with Crippen LogP contribution in [0, 0.1) is 0 Å². The van der Waals surface area contributed by atoms with Crippen molar-refractivity contribution in [2.24, 2.45) is 14.1 Å². The molecule has 0 spiro atoms. The van der Waals surface area contributed by atoms with Gasteiger partial charge in [-0.25, -0.2) is 4.79 Å². The molecule has 0 radical (unpaired) electrons. The molecular formula is C15H25N3O3. The summed E-state index contributed by atoms with van der Waals surface area (Å²) >= 11 is 0. The maximum absolute atomic E-state index is 11.9. The molecule has 1 fully saturated rings. The lowest BCUT2D eigenvalue weighted by Gasteiger charge is -2.22. The molecular weight excluding hydrogens is 270 g/mol. The van der Waals surface area contributed by atoms with Crippen LogP contribution in [0.4, 0.5) is 0 Å². The van der Waals surface area contributed by atoms with Gasteiger partial charge < -0.3 is 14.6 Å². The first-order valence-electron chi connectivity index (χ1n) is 7.67. The summed E-state index contributed by atoms with van der Waals surface area (Å²) in [7, 11) is 3.15. The van der Waals surface area contributed by atoms with Crippen molar-refractivity contribution in [1.82, 2.24) is 14.5 Å². The van der Waals surface area contributed by atoms with E-state index in [0.29, 0.717) is 31.4 Å². The number of nitrogens with one attached hydrogen (secondary N) is 1. The number of ether oxygens (including phenoxy) is 1. The second kappa shape index (κ2) is 7.56. The Bertz CT molecular complexity index is 571. The van der Waals surface area contributed by atoms with E-state index in [1.807, 2.05) is 0 Å². The summed E-state index contributed by atoms with van der Waals surface area (Å²) in [6, 6.07) is 0. The van der Waals surface area contributed by atoms with Crippen molar-refractivity contribution in [1.29, 1.82) is 0 Å². The molecule has 6 nitrogen and oxygen atoms in total. The smallest absolute Gasteiger partial charge is 0.330 e. The van der Waals surface area contributed by atoms with Gasteiger partial charge in [0.05, 0.1) is 12.7 Å². The largest absolute Gasteiger partial charge is 0.377 e. The normalized spacial score (nSPS) is 16.3. The Morgan fingerprint density at radius 1 is 1.24 bits per heavy atom. The molecule has 0 atom stereocenters. The summed E-state index contributed by atoms with van der Waals surface area (Å²) in [6.07, 6.45) is 8.21. The fourth-order valence-electron chi connectivity index (χ4n) is 2.76. The van der Waals surface area contributed by atoms with Crippen LogP contribution in [0.2, 0.25) is 0 Å². The third-order valence-corrected chi connectivity index (χ3v) is 4.02. The first kappa shape index (κ1) is 16.0. The minimum atomic E-state index is -0.301. The molecule has 21 heavy (non-hydrogen) atoms.